The van der Waals surface area contributed by atoms with Crippen LogP contribution in [0.3, 0.4) is 0 Å². The summed E-state index contributed by atoms with van der Waals surface area (Å²) in [5.41, 5.74) is 11.4. The summed E-state index contributed by atoms with van der Waals surface area (Å²) in [4.78, 5) is 6.13. The standard InChI is InChI=1S/C37H30N2/c1-37(2)30-14-8-9-15-34(30)39(27-11-4-3-5-12-27)35-23-26(16-19-31(35)37)25-18-20-32-29(22-25)36-28-13-7-6-10-24(28)17-21-33(36)38-32/h3-7,10-23,38H,8-9H2,1-2H3. The van der Waals surface area contributed by atoms with Crippen molar-refractivity contribution in [1.29, 1.82) is 0 Å². The zero-order valence-electron chi connectivity index (χ0n) is 22.3. The maximum Gasteiger partial charge on any atom is 0.0508 e. The molecule has 2 heteroatoms. The molecular formula is C37H30N2. The van der Waals surface area contributed by atoms with Crippen molar-refractivity contribution in [3.05, 3.63) is 132 Å². The van der Waals surface area contributed by atoms with Gasteiger partial charge in [-0.1, -0.05) is 92.7 Å². The van der Waals surface area contributed by atoms with Crippen molar-refractivity contribution in [3.63, 3.8) is 0 Å². The first-order chi connectivity index (χ1) is 19.1. The molecule has 8 rings (SSSR count). The SMILES string of the molecule is CC1(C)C2=CCCC=C2N(c2ccccc2)c2cc(-c3ccc4[nH]c5ccc6ccccc6c5c4c3)ccc21. The van der Waals surface area contributed by atoms with Gasteiger partial charge in [-0.2, -0.15) is 0 Å². The lowest BCUT2D eigenvalue weighted by molar-refractivity contribution is 0.603. The first kappa shape index (κ1) is 22.4. The van der Waals surface area contributed by atoms with E-state index in [1.807, 2.05) is 0 Å². The van der Waals surface area contributed by atoms with E-state index in [0.717, 1.165) is 12.8 Å². The summed E-state index contributed by atoms with van der Waals surface area (Å²) in [5, 5.41) is 5.15. The summed E-state index contributed by atoms with van der Waals surface area (Å²) >= 11 is 0. The molecule has 2 nitrogen and oxygen atoms in total. The van der Waals surface area contributed by atoms with Gasteiger partial charge in [0.2, 0.25) is 0 Å². The minimum atomic E-state index is -0.0505. The summed E-state index contributed by atoms with van der Waals surface area (Å²) in [5.74, 6) is 0. The molecule has 0 saturated heterocycles. The van der Waals surface area contributed by atoms with Crippen LogP contribution >= 0.6 is 0 Å². The van der Waals surface area contributed by atoms with Crippen molar-refractivity contribution in [1.82, 2.24) is 4.98 Å². The van der Waals surface area contributed by atoms with Crippen LogP contribution in [0, 0.1) is 0 Å². The van der Waals surface area contributed by atoms with E-state index in [2.05, 4.69) is 139 Å². The number of allylic oxidation sites excluding steroid dienone is 3. The van der Waals surface area contributed by atoms with Gasteiger partial charge in [-0.15, -0.1) is 0 Å². The molecule has 188 valence electrons. The van der Waals surface area contributed by atoms with Crippen molar-refractivity contribution in [2.45, 2.75) is 32.1 Å². The Labute approximate surface area is 228 Å². The Balaban J connectivity index is 1.36. The van der Waals surface area contributed by atoms with Gasteiger partial charge in [0.25, 0.3) is 0 Å². The normalized spacial score (nSPS) is 16.2. The number of benzene rings is 5. The summed E-state index contributed by atoms with van der Waals surface area (Å²) < 4.78 is 0. The molecule has 0 saturated carbocycles. The Morgan fingerprint density at radius 1 is 0.667 bits per heavy atom. The number of anilines is 2. The number of nitrogens with zero attached hydrogens (tertiary/aromatic N) is 1. The molecular weight excluding hydrogens is 472 g/mol. The predicted molar refractivity (Wildman–Crippen MR) is 166 cm³/mol. The van der Waals surface area contributed by atoms with Crippen molar-refractivity contribution in [2.75, 3.05) is 4.90 Å². The Morgan fingerprint density at radius 3 is 2.31 bits per heavy atom. The highest BCUT2D eigenvalue weighted by Crippen LogP contribution is 2.52. The number of fused-ring (bicyclic) bond motifs is 7. The van der Waals surface area contributed by atoms with E-state index in [-0.39, 0.29) is 5.41 Å². The van der Waals surface area contributed by atoms with Gasteiger partial charge in [0, 0.05) is 38.6 Å². The fourth-order valence-corrected chi connectivity index (χ4v) is 6.85. The molecule has 1 aromatic heterocycles. The number of aromatic amines is 1. The van der Waals surface area contributed by atoms with Crippen LogP contribution in [0.2, 0.25) is 0 Å². The topological polar surface area (TPSA) is 19.0 Å². The van der Waals surface area contributed by atoms with Gasteiger partial charge in [-0.3, -0.25) is 0 Å². The second-order valence-corrected chi connectivity index (χ2v) is 11.4. The van der Waals surface area contributed by atoms with Crippen LogP contribution in [-0.2, 0) is 5.41 Å². The lowest BCUT2D eigenvalue weighted by Crippen LogP contribution is -2.36. The van der Waals surface area contributed by atoms with Crippen molar-refractivity contribution >= 4 is 44.0 Å². The molecule has 0 fully saturated rings. The highest BCUT2D eigenvalue weighted by Gasteiger charge is 2.39. The number of hydrogen-bond acceptors (Lipinski definition) is 1. The maximum atomic E-state index is 3.65. The van der Waals surface area contributed by atoms with Crippen molar-refractivity contribution in [3.8, 4) is 11.1 Å². The largest absolute Gasteiger partial charge is 0.354 e. The molecule has 5 aromatic carbocycles. The van der Waals surface area contributed by atoms with Gasteiger partial charge in [0.05, 0.1) is 5.69 Å². The highest BCUT2D eigenvalue weighted by molar-refractivity contribution is 6.20. The Morgan fingerprint density at radius 2 is 1.41 bits per heavy atom. The van der Waals surface area contributed by atoms with E-state index in [0.29, 0.717) is 0 Å². The quantitative estimate of drug-likeness (QED) is 0.249. The number of hydrogen-bond donors (Lipinski definition) is 1. The minimum absolute atomic E-state index is 0.0505. The molecule has 6 aromatic rings. The number of rotatable bonds is 2. The Hall–Kier alpha value is -4.56. The van der Waals surface area contributed by atoms with Gasteiger partial charge in [0.1, 0.15) is 0 Å². The fourth-order valence-electron chi connectivity index (χ4n) is 6.85. The van der Waals surface area contributed by atoms with Gasteiger partial charge in [-0.25, -0.2) is 0 Å². The van der Waals surface area contributed by atoms with E-state index >= 15 is 0 Å². The van der Waals surface area contributed by atoms with Gasteiger partial charge < -0.3 is 9.88 Å². The van der Waals surface area contributed by atoms with Crippen LogP contribution in [0.4, 0.5) is 11.4 Å². The molecule has 1 aliphatic carbocycles. The van der Waals surface area contributed by atoms with Gasteiger partial charge in [0.15, 0.2) is 0 Å². The summed E-state index contributed by atoms with van der Waals surface area (Å²) in [6.07, 6.45) is 7.08. The van der Waals surface area contributed by atoms with Gasteiger partial charge in [-0.05, 0) is 82.3 Å². The minimum Gasteiger partial charge on any atom is -0.354 e. The van der Waals surface area contributed by atoms with E-state index in [9.17, 15) is 0 Å². The molecule has 2 heterocycles. The molecule has 1 N–H and O–H groups in total. The highest BCUT2D eigenvalue weighted by atomic mass is 15.2. The summed E-state index contributed by atoms with van der Waals surface area (Å²) in [6, 6.07) is 37.9. The average molecular weight is 503 g/mol. The fraction of sp³-hybridized carbons (Fsp3) is 0.135. The zero-order valence-corrected chi connectivity index (χ0v) is 22.3. The summed E-state index contributed by atoms with van der Waals surface area (Å²) in [7, 11) is 0. The van der Waals surface area contributed by atoms with E-state index in [1.165, 1.54) is 71.9 Å². The first-order valence-corrected chi connectivity index (χ1v) is 13.9. The third-order valence-electron chi connectivity index (χ3n) is 8.79. The molecule has 0 bridgehead atoms. The monoisotopic (exact) mass is 502 g/mol. The molecule has 2 aliphatic rings. The maximum absolute atomic E-state index is 3.65. The molecule has 0 unspecified atom stereocenters. The second kappa shape index (κ2) is 8.22. The number of nitrogens with one attached hydrogen (secondary N) is 1. The van der Waals surface area contributed by atoms with Crippen LogP contribution in [0.25, 0.3) is 43.7 Å². The molecule has 1 aliphatic heterocycles. The van der Waals surface area contributed by atoms with E-state index in [1.54, 1.807) is 0 Å². The third kappa shape index (κ3) is 3.28. The molecule has 0 atom stereocenters. The summed E-state index contributed by atoms with van der Waals surface area (Å²) in [6.45, 7) is 4.75. The van der Waals surface area contributed by atoms with Crippen molar-refractivity contribution in [2.24, 2.45) is 0 Å². The second-order valence-electron chi connectivity index (χ2n) is 11.4. The molecule has 39 heavy (non-hydrogen) atoms. The predicted octanol–water partition coefficient (Wildman–Crippen LogP) is 10.2. The number of H-pyrrole nitrogens is 1. The van der Waals surface area contributed by atoms with Crippen LogP contribution in [-0.4, -0.2) is 4.98 Å². The van der Waals surface area contributed by atoms with Gasteiger partial charge >= 0.3 is 0 Å². The average Bonchev–Trinajstić information content (AvgIpc) is 3.36. The Kier molecular flexibility index (Phi) is 4.73. The lowest BCUT2D eigenvalue weighted by atomic mass is 9.70. The van der Waals surface area contributed by atoms with E-state index in [4.69, 9.17) is 0 Å². The zero-order chi connectivity index (χ0) is 26.1. The van der Waals surface area contributed by atoms with Crippen LogP contribution < -0.4 is 4.90 Å². The Bertz CT molecular complexity index is 1990. The smallest absolute Gasteiger partial charge is 0.0508 e. The number of para-hydroxylation sites is 1. The molecule has 0 radical (unpaired) electrons. The van der Waals surface area contributed by atoms with Crippen LogP contribution in [0.5, 0.6) is 0 Å². The van der Waals surface area contributed by atoms with Crippen molar-refractivity contribution < 1.29 is 0 Å². The van der Waals surface area contributed by atoms with E-state index < -0.39 is 0 Å². The van der Waals surface area contributed by atoms with Crippen LogP contribution in [0.15, 0.2) is 127 Å². The number of aromatic nitrogens is 1. The third-order valence-corrected chi connectivity index (χ3v) is 8.79. The molecule has 0 spiro atoms. The molecule has 0 amide bonds. The first-order valence-electron chi connectivity index (χ1n) is 13.9. The van der Waals surface area contributed by atoms with Crippen LogP contribution in [0.1, 0.15) is 32.3 Å². The lowest BCUT2D eigenvalue weighted by Gasteiger charge is -2.45.